The SMILES string of the molecule is NC(=O)Cc1ccc(-c2noc(C(F)(F)F)n2)cc1. The summed E-state index contributed by atoms with van der Waals surface area (Å²) in [6.07, 6.45) is -4.61. The van der Waals surface area contributed by atoms with Gasteiger partial charge in [0.05, 0.1) is 6.42 Å². The van der Waals surface area contributed by atoms with Gasteiger partial charge in [-0.3, -0.25) is 4.79 Å². The molecular weight excluding hydrogens is 263 g/mol. The first-order valence-corrected chi connectivity index (χ1v) is 5.15. The molecule has 8 heteroatoms. The molecule has 0 aliphatic carbocycles. The first kappa shape index (κ1) is 13.1. The fraction of sp³-hybridized carbons (Fsp3) is 0.182. The zero-order valence-corrected chi connectivity index (χ0v) is 9.44. The van der Waals surface area contributed by atoms with Gasteiger partial charge in [0.15, 0.2) is 0 Å². The second-order valence-electron chi connectivity index (χ2n) is 3.76. The van der Waals surface area contributed by atoms with E-state index < -0.39 is 18.0 Å². The molecule has 0 unspecified atom stereocenters. The van der Waals surface area contributed by atoms with Crippen LogP contribution in [0.15, 0.2) is 28.8 Å². The van der Waals surface area contributed by atoms with Crippen LogP contribution in [0.3, 0.4) is 0 Å². The van der Waals surface area contributed by atoms with Gasteiger partial charge in [-0.25, -0.2) is 0 Å². The van der Waals surface area contributed by atoms with Gasteiger partial charge < -0.3 is 10.3 Å². The molecule has 2 N–H and O–H groups in total. The lowest BCUT2D eigenvalue weighted by molar-refractivity contribution is -0.159. The molecule has 2 aromatic rings. The van der Waals surface area contributed by atoms with Crippen molar-refractivity contribution in [1.82, 2.24) is 10.1 Å². The Morgan fingerprint density at radius 3 is 2.37 bits per heavy atom. The summed E-state index contributed by atoms with van der Waals surface area (Å²) in [7, 11) is 0. The van der Waals surface area contributed by atoms with E-state index >= 15 is 0 Å². The number of aromatic nitrogens is 2. The highest BCUT2D eigenvalue weighted by molar-refractivity contribution is 5.76. The molecule has 0 aliphatic heterocycles. The normalized spacial score (nSPS) is 11.5. The number of alkyl halides is 3. The van der Waals surface area contributed by atoms with Crippen molar-refractivity contribution in [2.75, 3.05) is 0 Å². The van der Waals surface area contributed by atoms with Gasteiger partial charge in [-0.2, -0.15) is 18.2 Å². The number of rotatable bonds is 3. The monoisotopic (exact) mass is 271 g/mol. The van der Waals surface area contributed by atoms with E-state index in [2.05, 4.69) is 14.7 Å². The Balaban J connectivity index is 2.23. The predicted molar refractivity (Wildman–Crippen MR) is 57.6 cm³/mol. The Bertz CT molecular complexity index is 590. The molecule has 0 spiro atoms. The molecule has 0 atom stereocenters. The molecule has 19 heavy (non-hydrogen) atoms. The molecule has 1 aromatic carbocycles. The van der Waals surface area contributed by atoms with Gasteiger partial charge in [-0.15, -0.1) is 0 Å². The van der Waals surface area contributed by atoms with Crippen molar-refractivity contribution in [3.8, 4) is 11.4 Å². The molecule has 0 aliphatic rings. The number of primary amides is 1. The molecule has 0 bridgehead atoms. The van der Waals surface area contributed by atoms with Crippen LogP contribution < -0.4 is 5.73 Å². The molecule has 0 saturated carbocycles. The fourth-order valence-electron chi connectivity index (χ4n) is 1.43. The summed E-state index contributed by atoms with van der Waals surface area (Å²) in [4.78, 5) is 13.9. The van der Waals surface area contributed by atoms with Crippen LogP contribution in [0.25, 0.3) is 11.4 Å². The number of halogens is 3. The van der Waals surface area contributed by atoms with Gasteiger partial charge >= 0.3 is 12.1 Å². The zero-order chi connectivity index (χ0) is 14.0. The van der Waals surface area contributed by atoms with E-state index in [1.165, 1.54) is 12.1 Å². The van der Waals surface area contributed by atoms with Crippen molar-refractivity contribution in [2.45, 2.75) is 12.6 Å². The second-order valence-corrected chi connectivity index (χ2v) is 3.76. The van der Waals surface area contributed by atoms with E-state index in [1.807, 2.05) is 0 Å². The third kappa shape index (κ3) is 3.09. The number of hydrogen-bond acceptors (Lipinski definition) is 4. The predicted octanol–water partition coefficient (Wildman–Crippen LogP) is 1.78. The van der Waals surface area contributed by atoms with E-state index in [9.17, 15) is 18.0 Å². The van der Waals surface area contributed by atoms with Crippen molar-refractivity contribution < 1.29 is 22.5 Å². The zero-order valence-electron chi connectivity index (χ0n) is 9.44. The highest BCUT2D eigenvalue weighted by atomic mass is 19.4. The Morgan fingerprint density at radius 1 is 1.26 bits per heavy atom. The third-order valence-corrected chi connectivity index (χ3v) is 2.26. The van der Waals surface area contributed by atoms with E-state index in [0.717, 1.165) is 0 Å². The van der Waals surface area contributed by atoms with Crippen molar-refractivity contribution in [2.24, 2.45) is 5.73 Å². The molecule has 1 aromatic heterocycles. The van der Waals surface area contributed by atoms with Gasteiger partial charge in [-0.05, 0) is 5.56 Å². The van der Waals surface area contributed by atoms with Gasteiger partial charge in [0.2, 0.25) is 11.7 Å². The van der Waals surface area contributed by atoms with Crippen LogP contribution in [0.5, 0.6) is 0 Å². The van der Waals surface area contributed by atoms with E-state index in [0.29, 0.717) is 11.1 Å². The molecule has 0 radical (unpaired) electrons. The number of carbonyl (C=O) groups excluding carboxylic acids is 1. The summed E-state index contributed by atoms with van der Waals surface area (Å²) in [5, 5.41) is 3.25. The second kappa shape index (κ2) is 4.71. The largest absolute Gasteiger partial charge is 0.471 e. The summed E-state index contributed by atoms with van der Waals surface area (Å²) < 4.78 is 40.9. The van der Waals surface area contributed by atoms with Gasteiger partial charge in [0, 0.05) is 5.56 Å². The number of benzene rings is 1. The molecule has 2 rings (SSSR count). The van der Waals surface area contributed by atoms with Gasteiger partial charge in [-0.1, -0.05) is 29.4 Å². The Labute approximate surface area is 105 Å². The van der Waals surface area contributed by atoms with E-state index in [-0.39, 0.29) is 12.2 Å². The van der Waals surface area contributed by atoms with Crippen LogP contribution in [0.4, 0.5) is 13.2 Å². The number of nitrogens with zero attached hydrogens (tertiary/aromatic N) is 2. The average molecular weight is 271 g/mol. The smallest absolute Gasteiger partial charge is 0.369 e. The van der Waals surface area contributed by atoms with Crippen molar-refractivity contribution in [1.29, 1.82) is 0 Å². The summed E-state index contributed by atoms with van der Waals surface area (Å²) in [6, 6.07) is 6.10. The Hall–Kier alpha value is -2.38. The molecule has 0 fully saturated rings. The first-order valence-electron chi connectivity index (χ1n) is 5.15. The van der Waals surface area contributed by atoms with E-state index in [4.69, 9.17) is 5.73 Å². The summed E-state index contributed by atoms with van der Waals surface area (Å²) in [5.41, 5.74) is 6.02. The third-order valence-electron chi connectivity index (χ3n) is 2.26. The van der Waals surface area contributed by atoms with E-state index in [1.54, 1.807) is 12.1 Å². The fourth-order valence-corrected chi connectivity index (χ4v) is 1.43. The first-order chi connectivity index (χ1) is 8.86. The highest BCUT2D eigenvalue weighted by Gasteiger charge is 2.38. The van der Waals surface area contributed by atoms with Crippen LogP contribution in [0.2, 0.25) is 0 Å². The van der Waals surface area contributed by atoms with Crippen LogP contribution >= 0.6 is 0 Å². The lowest BCUT2D eigenvalue weighted by Gasteiger charge is -1.99. The number of hydrogen-bond donors (Lipinski definition) is 1. The van der Waals surface area contributed by atoms with Crippen LogP contribution in [0, 0.1) is 0 Å². The number of carbonyl (C=O) groups is 1. The quantitative estimate of drug-likeness (QED) is 0.922. The summed E-state index contributed by atoms with van der Waals surface area (Å²) >= 11 is 0. The topological polar surface area (TPSA) is 82.0 Å². The molecule has 1 heterocycles. The lowest BCUT2D eigenvalue weighted by Crippen LogP contribution is -2.13. The maximum atomic E-state index is 12.3. The minimum atomic E-state index is -4.67. The average Bonchev–Trinajstić information content (AvgIpc) is 2.78. The Kier molecular flexibility index (Phi) is 3.24. The maximum Gasteiger partial charge on any atom is 0.471 e. The van der Waals surface area contributed by atoms with Crippen LogP contribution in [0.1, 0.15) is 11.5 Å². The molecule has 1 amide bonds. The molecular formula is C11H8F3N3O2. The number of nitrogens with two attached hydrogens (primary N) is 1. The molecule has 5 nitrogen and oxygen atoms in total. The van der Waals surface area contributed by atoms with Crippen LogP contribution in [-0.2, 0) is 17.4 Å². The Morgan fingerprint density at radius 2 is 1.89 bits per heavy atom. The summed E-state index contributed by atoms with van der Waals surface area (Å²) in [6.45, 7) is 0. The van der Waals surface area contributed by atoms with Gasteiger partial charge in [0.25, 0.3) is 0 Å². The standard InChI is InChI=1S/C11H8F3N3O2/c12-11(13,14)10-16-9(17-19-10)7-3-1-6(2-4-7)5-8(15)18/h1-4H,5H2,(H2,15,18). The minimum absolute atomic E-state index is 0.0559. The van der Waals surface area contributed by atoms with Crippen molar-refractivity contribution in [3.05, 3.63) is 35.7 Å². The molecule has 0 saturated heterocycles. The minimum Gasteiger partial charge on any atom is -0.369 e. The lowest BCUT2D eigenvalue weighted by atomic mass is 10.1. The van der Waals surface area contributed by atoms with Crippen molar-refractivity contribution in [3.63, 3.8) is 0 Å². The maximum absolute atomic E-state index is 12.3. The van der Waals surface area contributed by atoms with Crippen LogP contribution in [-0.4, -0.2) is 16.0 Å². The van der Waals surface area contributed by atoms with Crippen molar-refractivity contribution >= 4 is 5.91 Å². The number of amides is 1. The van der Waals surface area contributed by atoms with Gasteiger partial charge in [0.1, 0.15) is 0 Å². The molecule has 100 valence electrons. The summed E-state index contributed by atoms with van der Waals surface area (Å²) in [5.74, 6) is -2.06. The highest BCUT2D eigenvalue weighted by Crippen LogP contribution is 2.29.